The second-order valence-corrected chi connectivity index (χ2v) is 14.4. The molecule has 124 valence electrons. The second-order valence-electron chi connectivity index (χ2n) is 6.64. The van der Waals surface area contributed by atoms with Gasteiger partial charge in [-0.1, -0.05) is 25.7 Å². The minimum Gasteiger partial charge on any atom is -0.428 e. The van der Waals surface area contributed by atoms with Gasteiger partial charge < -0.3 is 19.4 Å². The highest BCUT2D eigenvalue weighted by Crippen LogP contribution is 2.30. The monoisotopic (exact) mass is 334 g/mol. The highest BCUT2D eigenvalue weighted by atomic mass is 28.4. The van der Waals surface area contributed by atoms with Crippen molar-refractivity contribution in [2.24, 2.45) is 0 Å². The zero-order valence-electron chi connectivity index (χ0n) is 13.9. The maximum Gasteiger partial charge on any atom is 0.332 e. The highest BCUT2D eigenvalue weighted by Gasteiger charge is 2.45. The van der Waals surface area contributed by atoms with Crippen LogP contribution < -0.4 is 0 Å². The van der Waals surface area contributed by atoms with Crippen LogP contribution in [0.5, 0.6) is 0 Å². The van der Waals surface area contributed by atoms with Gasteiger partial charge in [-0.25, -0.2) is 4.79 Å². The minimum absolute atomic E-state index is 0.379. The summed E-state index contributed by atoms with van der Waals surface area (Å²) in [6, 6.07) is 1.06. The van der Waals surface area contributed by atoms with E-state index in [2.05, 4.69) is 19.7 Å². The van der Waals surface area contributed by atoms with E-state index in [9.17, 15) is 15.0 Å². The average molecular weight is 335 g/mol. The summed E-state index contributed by atoms with van der Waals surface area (Å²) in [6.07, 6.45) is 0.949. The van der Waals surface area contributed by atoms with E-state index in [1.165, 1.54) is 0 Å². The predicted molar refractivity (Wildman–Crippen MR) is 89.5 cm³/mol. The van der Waals surface area contributed by atoms with Crippen LogP contribution in [-0.4, -0.2) is 51.8 Å². The molecule has 2 atom stereocenters. The number of carbonyl (C=O) groups excluding carboxylic acids is 1. The molecule has 0 aliphatic carbocycles. The summed E-state index contributed by atoms with van der Waals surface area (Å²) in [5.74, 6) is -2.13. The van der Waals surface area contributed by atoms with E-state index in [-0.39, 0.29) is 0 Å². The van der Waals surface area contributed by atoms with Crippen molar-refractivity contribution >= 4 is 23.1 Å². The molecule has 0 fully saturated rings. The molecule has 0 amide bonds. The SMILES string of the molecule is C=CC(=O)OC(CCC[SiH](C)C)(O[Si](C)(C)C)C(O)CO. The Balaban J connectivity index is 5.28. The first-order chi connectivity index (χ1) is 9.56. The van der Waals surface area contributed by atoms with Gasteiger partial charge in [0, 0.05) is 21.3 Å². The highest BCUT2D eigenvalue weighted by molar-refractivity contribution is 6.69. The molecular formula is C14H30O5Si2. The van der Waals surface area contributed by atoms with Gasteiger partial charge in [0.05, 0.1) is 6.61 Å². The normalized spacial score (nSPS) is 16.4. The van der Waals surface area contributed by atoms with Gasteiger partial charge in [-0.05, 0) is 26.1 Å². The Morgan fingerprint density at radius 1 is 1.43 bits per heavy atom. The number of aliphatic hydroxyl groups excluding tert-OH is 2. The molecule has 0 rings (SSSR count). The van der Waals surface area contributed by atoms with Gasteiger partial charge in [0.2, 0.25) is 5.79 Å². The van der Waals surface area contributed by atoms with Crippen molar-refractivity contribution in [3.8, 4) is 0 Å². The zero-order valence-corrected chi connectivity index (χ0v) is 16.0. The van der Waals surface area contributed by atoms with Crippen LogP contribution in [0.15, 0.2) is 12.7 Å². The van der Waals surface area contributed by atoms with Crippen LogP contribution in [0.2, 0.25) is 38.8 Å². The lowest BCUT2D eigenvalue weighted by atomic mass is 10.1. The largest absolute Gasteiger partial charge is 0.428 e. The number of carbonyl (C=O) groups is 1. The van der Waals surface area contributed by atoms with Gasteiger partial charge in [0.15, 0.2) is 8.32 Å². The van der Waals surface area contributed by atoms with E-state index in [0.717, 1.165) is 18.5 Å². The lowest BCUT2D eigenvalue weighted by Gasteiger charge is -2.41. The van der Waals surface area contributed by atoms with Crippen molar-refractivity contribution in [2.45, 2.75) is 63.5 Å². The van der Waals surface area contributed by atoms with E-state index in [1.807, 2.05) is 19.6 Å². The number of hydrogen-bond donors (Lipinski definition) is 2. The fourth-order valence-electron chi connectivity index (χ4n) is 2.05. The van der Waals surface area contributed by atoms with E-state index < -0.39 is 41.6 Å². The first-order valence-electron chi connectivity index (χ1n) is 7.41. The molecule has 0 bridgehead atoms. The van der Waals surface area contributed by atoms with Crippen LogP contribution >= 0.6 is 0 Å². The van der Waals surface area contributed by atoms with Crippen molar-refractivity contribution in [3.63, 3.8) is 0 Å². The van der Waals surface area contributed by atoms with Gasteiger partial charge in [0.1, 0.15) is 6.10 Å². The third kappa shape index (κ3) is 7.91. The molecule has 7 heteroatoms. The van der Waals surface area contributed by atoms with Gasteiger partial charge >= 0.3 is 5.97 Å². The van der Waals surface area contributed by atoms with Crippen molar-refractivity contribution in [1.29, 1.82) is 0 Å². The van der Waals surface area contributed by atoms with Crippen molar-refractivity contribution in [3.05, 3.63) is 12.7 Å². The molecule has 21 heavy (non-hydrogen) atoms. The molecule has 0 aromatic carbocycles. The summed E-state index contributed by atoms with van der Waals surface area (Å²) in [5.41, 5.74) is 0. The summed E-state index contributed by atoms with van der Waals surface area (Å²) in [4.78, 5) is 11.6. The predicted octanol–water partition coefficient (Wildman–Crippen LogP) is 1.88. The van der Waals surface area contributed by atoms with Crippen molar-refractivity contribution in [2.75, 3.05) is 6.61 Å². The van der Waals surface area contributed by atoms with Gasteiger partial charge in [-0.15, -0.1) is 0 Å². The minimum atomic E-state index is -2.10. The lowest BCUT2D eigenvalue weighted by molar-refractivity contribution is -0.242. The Bertz CT molecular complexity index is 341. The standard InChI is InChI=1S/C14H30O5Si2/c1-7-13(17)18-14(12(16)11-15,19-21(4,5)6)9-8-10-20(2)3/h7,12,15-16,20H,1,8-11H2,2-6H3. The van der Waals surface area contributed by atoms with Crippen LogP contribution in [0.1, 0.15) is 12.8 Å². The maximum atomic E-state index is 11.6. The molecule has 0 aromatic rings. The number of rotatable bonds is 10. The summed E-state index contributed by atoms with van der Waals surface area (Å²) in [7, 11) is -2.84. The third-order valence-corrected chi connectivity index (χ3v) is 5.43. The molecule has 0 spiro atoms. The third-order valence-electron chi connectivity index (χ3n) is 2.91. The number of ether oxygens (including phenoxy) is 1. The van der Waals surface area contributed by atoms with E-state index >= 15 is 0 Å². The zero-order chi connectivity index (χ0) is 16.7. The summed E-state index contributed by atoms with van der Waals surface area (Å²) in [5, 5.41) is 19.5. The molecule has 0 aromatic heterocycles. The molecule has 5 nitrogen and oxygen atoms in total. The van der Waals surface area contributed by atoms with Crippen LogP contribution in [0.4, 0.5) is 0 Å². The Kier molecular flexibility index (Phi) is 8.64. The molecule has 0 radical (unpaired) electrons. The maximum absolute atomic E-state index is 11.6. The van der Waals surface area contributed by atoms with Gasteiger partial charge in [-0.2, -0.15) is 0 Å². The number of hydrogen-bond acceptors (Lipinski definition) is 5. The summed E-state index contributed by atoms with van der Waals surface area (Å²) >= 11 is 0. The number of esters is 1. The molecule has 2 N–H and O–H groups in total. The Hall–Kier alpha value is -0.476. The molecule has 2 unspecified atom stereocenters. The van der Waals surface area contributed by atoms with Crippen LogP contribution in [-0.2, 0) is 14.0 Å². The van der Waals surface area contributed by atoms with Crippen LogP contribution in [0, 0.1) is 0 Å². The summed E-state index contributed by atoms with van der Waals surface area (Å²) < 4.78 is 11.3. The molecule has 0 aliphatic heterocycles. The topological polar surface area (TPSA) is 76.0 Å². The molecule has 0 saturated carbocycles. The van der Waals surface area contributed by atoms with Crippen LogP contribution in [0.3, 0.4) is 0 Å². The van der Waals surface area contributed by atoms with Gasteiger partial charge in [0.25, 0.3) is 0 Å². The Morgan fingerprint density at radius 3 is 2.38 bits per heavy atom. The Labute approximate surface area is 130 Å². The van der Waals surface area contributed by atoms with E-state index in [0.29, 0.717) is 6.42 Å². The smallest absolute Gasteiger partial charge is 0.332 e. The lowest BCUT2D eigenvalue weighted by Crippen LogP contribution is -2.55. The quantitative estimate of drug-likeness (QED) is 0.276. The van der Waals surface area contributed by atoms with E-state index in [1.54, 1.807) is 0 Å². The van der Waals surface area contributed by atoms with Crippen molar-refractivity contribution < 1.29 is 24.2 Å². The molecule has 0 saturated heterocycles. The Morgan fingerprint density at radius 2 is 2.00 bits per heavy atom. The fourth-order valence-corrected chi connectivity index (χ4v) is 4.39. The van der Waals surface area contributed by atoms with E-state index in [4.69, 9.17) is 9.16 Å². The molecule has 0 heterocycles. The van der Waals surface area contributed by atoms with Crippen molar-refractivity contribution in [1.82, 2.24) is 0 Å². The average Bonchev–Trinajstić information content (AvgIpc) is 2.34. The van der Waals surface area contributed by atoms with Gasteiger partial charge in [-0.3, -0.25) is 0 Å². The number of aliphatic hydroxyl groups is 2. The first kappa shape index (κ1) is 20.5. The molecular weight excluding hydrogens is 304 g/mol. The second kappa shape index (κ2) is 8.84. The summed E-state index contributed by atoms with van der Waals surface area (Å²) in [6.45, 7) is 13.2. The molecule has 0 aliphatic rings. The first-order valence-corrected chi connectivity index (χ1v) is 13.9. The fraction of sp³-hybridized carbons (Fsp3) is 0.786. The van der Waals surface area contributed by atoms with Crippen LogP contribution in [0.25, 0.3) is 0 Å².